The van der Waals surface area contributed by atoms with Crippen LogP contribution in [0, 0.1) is 0 Å². The van der Waals surface area contributed by atoms with E-state index in [2.05, 4.69) is 38.9 Å². The van der Waals surface area contributed by atoms with E-state index in [1.807, 2.05) is 18.2 Å². The lowest BCUT2D eigenvalue weighted by Crippen LogP contribution is -2.29. The second kappa shape index (κ2) is 5.46. The largest absolute Gasteiger partial charge is 0.464 e. The van der Waals surface area contributed by atoms with Gasteiger partial charge in [-0.15, -0.1) is 11.3 Å². The molecule has 0 spiro atoms. The van der Waals surface area contributed by atoms with Crippen LogP contribution in [0.1, 0.15) is 16.5 Å². The van der Waals surface area contributed by atoms with Crippen molar-refractivity contribution in [1.29, 1.82) is 0 Å². The summed E-state index contributed by atoms with van der Waals surface area (Å²) in [6.07, 6.45) is 2.62. The highest BCUT2D eigenvalue weighted by Crippen LogP contribution is 2.31. The lowest BCUT2D eigenvalue weighted by atomic mass is 10.0. The average molecular weight is 337 g/mol. The molecule has 2 heterocycles. The summed E-state index contributed by atoms with van der Waals surface area (Å²) in [4.78, 5) is 1.27. The van der Waals surface area contributed by atoms with Gasteiger partial charge in [-0.1, -0.05) is 18.2 Å². The maximum absolute atomic E-state index is 5.72. The smallest absolute Gasteiger partial charge is 0.134 e. The second-order valence-electron chi connectivity index (χ2n) is 4.30. The highest BCUT2D eigenvalue weighted by Gasteiger charge is 2.18. The molecule has 3 rings (SSSR count). The third-order valence-corrected chi connectivity index (χ3v) is 5.12. The van der Waals surface area contributed by atoms with Crippen LogP contribution >= 0.6 is 27.3 Å². The molecule has 0 bridgehead atoms. The summed E-state index contributed by atoms with van der Waals surface area (Å²) in [6, 6.07) is 10.1. The number of thiophene rings is 1. The van der Waals surface area contributed by atoms with Crippen LogP contribution in [0.5, 0.6) is 0 Å². The molecule has 3 nitrogen and oxygen atoms in total. The first-order chi connectivity index (χ1) is 9.29. The minimum Gasteiger partial charge on any atom is -0.464 e. The quantitative estimate of drug-likeness (QED) is 0.559. The van der Waals surface area contributed by atoms with Gasteiger partial charge >= 0.3 is 0 Å². The fourth-order valence-electron chi connectivity index (χ4n) is 2.18. The highest BCUT2D eigenvalue weighted by molar-refractivity contribution is 9.10. The Hall–Kier alpha value is -1.14. The van der Waals surface area contributed by atoms with Crippen LogP contribution in [-0.2, 0) is 6.42 Å². The molecule has 0 aliphatic rings. The number of benzene rings is 1. The summed E-state index contributed by atoms with van der Waals surface area (Å²) in [7, 11) is 0. The van der Waals surface area contributed by atoms with E-state index in [0.717, 1.165) is 27.4 Å². The van der Waals surface area contributed by atoms with E-state index in [0.29, 0.717) is 0 Å². The SMILES string of the molecule is NNC(Cc1sccc1Br)c1coc2ccccc12. The second-order valence-corrected chi connectivity index (χ2v) is 6.16. The van der Waals surface area contributed by atoms with Crippen molar-refractivity contribution in [1.82, 2.24) is 5.43 Å². The van der Waals surface area contributed by atoms with Gasteiger partial charge in [-0.05, 0) is 33.4 Å². The number of fused-ring (bicyclic) bond motifs is 1. The molecule has 0 saturated carbocycles. The molecule has 0 aliphatic carbocycles. The number of nitrogens with one attached hydrogen (secondary N) is 1. The number of rotatable bonds is 4. The van der Waals surface area contributed by atoms with E-state index in [4.69, 9.17) is 10.3 Å². The first kappa shape index (κ1) is 12.9. The number of furan rings is 1. The summed E-state index contributed by atoms with van der Waals surface area (Å²) < 4.78 is 6.71. The van der Waals surface area contributed by atoms with Crippen molar-refractivity contribution in [2.75, 3.05) is 0 Å². The number of hydrogen-bond donors (Lipinski definition) is 2. The normalized spacial score (nSPS) is 12.9. The molecule has 3 N–H and O–H groups in total. The van der Waals surface area contributed by atoms with Crippen molar-refractivity contribution < 1.29 is 4.42 Å². The van der Waals surface area contributed by atoms with Crippen LogP contribution < -0.4 is 11.3 Å². The van der Waals surface area contributed by atoms with Crippen molar-refractivity contribution >= 4 is 38.2 Å². The van der Waals surface area contributed by atoms with Crippen LogP contribution in [0.4, 0.5) is 0 Å². The first-order valence-electron chi connectivity index (χ1n) is 5.93. The molecule has 0 amide bonds. The van der Waals surface area contributed by atoms with E-state index in [1.54, 1.807) is 17.6 Å². The van der Waals surface area contributed by atoms with E-state index in [1.165, 1.54) is 4.88 Å². The summed E-state index contributed by atoms with van der Waals surface area (Å²) in [5, 5.41) is 3.18. The zero-order chi connectivity index (χ0) is 13.2. The molecule has 1 aromatic carbocycles. The molecule has 0 radical (unpaired) electrons. The number of nitrogens with two attached hydrogens (primary N) is 1. The minimum atomic E-state index is 0.0404. The number of hydrazine groups is 1. The molecule has 98 valence electrons. The standard InChI is InChI=1S/C14H13BrN2OS/c15-11-5-6-19-14(11)7-12(17-16)10-8-18-13-4-2-1-3-9(10)13/h1-6,8,12,17H,7,16H2. The van der Waals surface area contributed by atoms with Crippen molar-refractivity contribution in [3.05, 3.63) is 56.9 Å². The molecule has 2 aromatic heterocycles. The first-order valence-corrected chi connectivity index (χ1v) is 7.61. The lowest BCUT2D eigenvalue weighted by molar-refractivity contribution is 0.539. The molecular formula is C14H13BrN2OS. The summed E-state index contributed by atoms with van der Waals surface area (Å²) >= 11 is 5.28. The van der Waals surface area contributed by atoms with Gasteiger partial charge in [0, 0.05) is 26.7 Å². The molecule has 5 heteroatoms. The molecule has 19 heavy (non-hydrogen) atoms. The maximum atomic E-state index is 5.72. The fraction of sp³-hybridized carbons (Fsp3) is 0.143. The fourth-order valence-corrected chi connectivity index (χ4v) is 3.74. The van der Waals surface area contributed by atoms with E-state index < -0.39 is 0 Å². The third-order valence-electron chi connectivity index (χ3n) is 3.17. The predicted octanol–water partition coefficient (Wildman–Crippen LogP) is 4.00. The van der Waals surface area contributed by atoms with Gasteiger partial charge in [0.2, 0.25) is 0 Å². The van der Waals surface area contributed by atoms with E-state index in [-0.39, 0.29) is 6.04 Å². The van der Waals surface area contributed by atoms with E-state index in [9.17, 15) is 0 Å². The molecule has 3 aromatic rings. The Morgan fingerprint density at radius 1 is 1.32 bits per heavy atom. The topological polar surface area (TPSA) is 51.2 Å². The molecule has 0 saturated heterocycles. The third kappa shape index (κ3) is 2.47. The van der Waals surface area contributed by atoms with Crippen LogP contribution in [0.3, 0.4) is 0 Å². The molecule has 1 unspecified atom stereocenters. The van der Waals surface area contributed by atoms with Crippen molar-refractivity contribution in [3.8, 4) is 0 Å². The van der Waals surface area contributed by atoms with E-state index >= 15 is 0 Å². The Kier molecular flexibility index (Phi) is 3.70. The van der Waals surface area contributed by atoms with Gasteiger partial charge in [-0.3, -0.25) is 11.3 Å². The maximum Gasteiger partial charge on any atom is 0.134 e. The van der Waals surface area contributed by atoms with Crippen LogP contribution in [0.25, 0.3) is 11.0 Å². The van der Waals surface area contributed by atoms with Crippen molar-refractivity contribution in [2.45, 2.75) is 12.5 Å². The summed E-state index contributed by atoms with van der Waals surface area (Å²) in [5.41, 5.74) is 4.88. The minimum absolute atomic E-state index is 0.0404. The lowest BCUT2D eigenvalue weighted by Gasteiger charge is -2.14. The zero-order valence-electron chi connectivity index (χ0n) is 10.1. The van der Waals surface area contributed by atoms with Gasteiger partial charge in [-0.25, -0.2) is 0 Å². The summed E-state index contributed by atoms with van der Waals surface area (Å²) in [5.74, 6) is 5.72. The summed E-state index contributed by atoms with van der Waals surface area (Å²) in [6.45, 7) is 0. The molecule has 1 atom stereocenters. The van der Waals surface area contributed by atoms with Crippen LogP contribution in [0.15, 0.2) is 50.9 Å². The molecule has 0 aliphatic heterocycles. The number of hydrogen-bond acceptors (Lipinski definition) is 4. The van der Waals surface area contributed by atoms with Gasteiger partial charge in [0.15, 0.2) is 0 Å². The van der Waals surface area contributed by atoms with Gasteiger partial charge in [0.1, 0.15) is 5.58 Å². The Balaban J connectivity index is 1.96. The zero-order valence-corrected chi connectivity index (χ0v) is 12.5. The van der Waals surface area contributed by atoms with Gasteiger partial charge in [0.05, 0.1) is 12.3 Å². The van der Waals surface area contributed by atoms with Crippen LogP contribution in [-0.4, -0.2) is 0 Å². The molecular weight excluding hydrogens is 324 g/mol. The monoisotopic (exact) mass is 336 g/mol. The molecule has 0 fully saturated rings. The predicted molar refractivity (Wildman–Crippen MR) is 82.0 cm³/mol. The van der Waals surface area contributed by atoms with Gasteiger partial charge < -0.3 is 4.42 Å². The Morgan fingerprint density at radius 2 is 2.16 bits per heavy atom. The van der Waals surface area contributed by atoms with Crippen molar-refractivity contribution in [3.63, 3.8) is 0 Å². The van der Waals surface area contributed by atoms with Crippen molar-refractivity contribution in [2.24, 2.45) is 5.84 Å². The van der Waals surface area contributed by atoms with Gasteiger partial charge in [-0.2, -0.15) is 0 Å². The Bertz CT molecular complexity index is 691. The Labute approximate surface area is 123 Å². The average Bonchev–Trinajstić information content (AvgIpc) is 3.03. The van der Waals surface area contributed by atoms with Gasteiger partial charge in [0.25, 0.3) is 0 Å². The highest BCUT2D eigenvalue weighted by atomic mass is 79.9. The number of halogens is 1. The Morgan fingerprint density at radius 3 is 2.89 bits per heavy atom. The van der Waals surface area contributed by atoms with Crippen LogP contribution in [0.2, 0.25) is 0 Å². The number of para-hydroxylation sites is 1.